The highest BCUT2D eigenvalue weighted by molar-refractivity contribution is 9.10. The predicted octanol–water partition coefficient (Wildman–Crippen LogP) is 3.12. The number of halogens is 2. The maximum absolute atomic E-state index is 13.2. The van der Waals surface area contributed by atoms with Gasteiger partial charge in [0.25, 0.3) is 0 Å². The molecule has 1 aromatic carbocycles. The van der Waals surface area contributed by atoms with Crippen LogP contribution in [0.5, 0.6) is 0 Å². The molecule has 1 heterocycles. The van der Waals surface area contributed by atoms with Gasteiger partial charge in [-0.2, -0.15) is 0 Å². The molecule has 0 radical (unpaired) electrons. The van der Waals surface area contributed by atoms with Gasteiger partial charge >= 0.3 is 0 Å². The van der Waals surface area contributed by atoms with Crippen LogP contribution in [0.25, 0.3) is 6.08 Å². The maximum Gasteiger partial charge on any atom is 0.164 e. The van der Waals surface area contributed by atoms with Crippen molar-refractivity contribution in [2.24, 2.45) is 0 Å². The van der Waals surface area contributed by atoms with Crippen molar-refractivity contribution in [2.75, 3.05) is 0 Å². The van der Waals surface area contributed by atoms with E-state index in [4.69, 9.17) is 0 Å². The van der Waals surface area contributed by atoms with Crippen molar-refractivity contribution >= 4 is 38.5 Å². The fraction of sp³-hybridized carbons (Fsp3) is 0. The van der Waals surface area contributed by atoms with Crippen molar-refractivity contribution in [3.05, 3.63) is 33.4 Å². The van der Waals surface area contributed by atoms with Crippen molar-refractivity contribution in [3.8, 4) is 0 Å². The number of benzene rings is 1. The normalized spacial score (nSPS) is 21.5. The molecule has 0 N–H and O–H groups in total. The Kier molecular flexibility index (Phi) is 2.26. The van der Waals surface area contributed by atoms with E-state index in [9.17, 15) is 9.18 Å². The van der Waals surface area contributed by atoms with Crippen LogP contribution in [0.15, 0.2) is 26.9 Å². The zero-order valence-corrected chi connectivity index (χ0v) is 8.98. The number of thiol groups is 1. The molecule has 0 aromatic heterocycles. The van der Waals surface area contributed by atoms with E-state index >= 15 is 0 Å². The van der Waals surface area contributed by atoms with Crippen LogP contribution in [-0.2, 0) is 4.79 Å². The quantitative estimate of drug-likeness (QED) is 0.607. The topological polar surface area (TPSA) is 17.1 Å². The third kappa shape index (κ3) is 1.34. The highest BCUT2D eigenvalue weighted by Gasteiger charge is 2.19. The molecule has 1 aliphatic rings. The monoisotopic (exact) mass is 260 g/mol. The van der Waals surface area contributed by atoms with Crippen LogP contribution in [0.3, 0.4) is 0 Å². The molecule has 68 valence electrons. The standard InChI is InChI=1S/C9H6BrFOS/c10-7-1-2-8(11)6-3-4-13(5-12)9(6)7/h1-5,13H. The van der Waals surface area contributed by atoms with E-state index in [1.54, 1.807) is 17.6 Å². The van der Waals surface area contributed by atoms with Crippen LogP contribution in [-0.4, -0.2) is 5.62 Å². The number of rotatable bonds is 1. The third-order valence-electron chi connectivity index (χ3n) is 1.89. The molecule has 1 aromatic rings. The van der Waals surface area contributed by atoms with E-state index in [-0.39, 0.29) is 5.82 Å². The fourth-order valence-electron chi connectivity index (χ4n) is 1.29. The van der Waals surface area contributed by atoms with Crippen molar-refractivity contribution in [1.29, 1.82) is 0 Å². The van der Waals surface area contributed by atoms with Gasteiger partial charge in [-0.1, -0.05) is 0 Å². The van der Waals surface area contributed by atoms with Crippen molar-refractivity contribution in [3.63, 3.8) is 0 Å². The molecular weight excluding hydrogens is 255 g/mol. The van der Waals surface area contributed by atoms with Gasteiger partial charge in [0, 0.05) is 14.9 Å². The van der Waals surface area contributed by atoms with Crippen molar-refractivity contribution < 1.29 is 9.18 Å². The average molecular weight is 261 g/mol. The largest absolute Gasteiger partial charge is 0.292 e. The minimum Gasteiger partial charge on any atom is -0.292 e. The zero-order valence-electron chi connectivity index (χ0n) is 6.50. The molecule has 0 fully saturated rings. The summed E-state index contributed by atoms with van der Waals surface area (Å²) in [6, 6.07) is 3.04. The fourth-order valence-corrected chi connectivity index (χ4v) is 3.67. The van der Waals surface area contributed by atoms with Gasteiger partial charge in [-0.15, -0.1) is 10.9 Å². The van der Waals surface area contributed by atoms with Crippen LogP contribution in [0, 0.1) is 5.82 Å². The lowest BCUT2D eigenvalue weighted by Crippen LogP contribution is -1.87. The second-order valence-electron chi connectivity index (χ2n) is 2.62. The van der Waals surface area contributed by atoms with Gasteiger partial charge < -0.3 is 0 Å². The van der Waals surface area contributed by atoms with Crippen molar-refractivity contribution in [2.45, 2.75) is 4.90 Å². The minimum atomic E-state index is -0.944. The molecular formula is C9H6BrFOS. The molecule has 1 nitrogen and oxygen atoms in total. The minimum absolute atomic E-state index is 0.263. The van der Waals surface area contributed by atoms with Gasteiger partial charge in [0.15, 0.2) is 5.62 Å². The molecule has 0 saturated heterocycles. The third-order valence-corrected chi connectivity index (χ3v) is 4.55. The van der Waals surface area contributed by atoms with Gasteiger partial charge in [0.2, 0.25) is 0 Å². The number of hydrogen-bond acceptors (Lipinski definition) is 1. The highest BCUT2D eigenvalue weighted by Crippen LogP contribution is 2.48. The Labute approximate surface area is 86.1 Å². The van der Waals surface area contributed by atoms with E-state index in [1.807, 2.05) is 0 Å². The Bertz CT molecular complexity index is 403. The van der Waals surface area contributed by atoms with Gasteiger partial charge in [-0.3, -0.25) is 4.79 Å². The first-order valence-corrected chi connectivity index (χ1v) is 5.91. The zero-order chi connectivity index (χ0) is 9.42. The Morgan fingerprint density at radius 3 is 2.92 bits per heavy atom. The molecule has 1 atom stereocenters. The first kappa shape index (κ1) is 8.97. The Balaban J connectivity index is 2.67. The van der Waals surface area contributed by atoms with Gasteiger partial charge in [0.05, 0.1) is 0 Å². The Hall–Kier alpha value is -0.610. The van der Waals surface area contributed by atoms with E-state index in [0.29, 0.717) is 5.56 Å². The van der Waals surface area contributed by atoms with E-state index in [2.05, 4.69) is 15.9 Å². The van der Waals surface area contributed by atoms with Crippen LogP contribution in [0.1, 0.15) is 5.56 Å². The molecule has 0 amide bonds. The smallest absolute Gasteiger partial charge is 0.164 e. The van der Waals surface area contributed by atoms with E-state index in [1.165, 1.54) is 6.07 Å². The molecule has 0 saturated carbocycles. The summed E-state index contributed by atoms with van der Waals surface area (Å²) < 4.78 is 14.0. The number of carbonyl (C=O) groups excluding carboxylic acids is 1. The number of fused-ring (bicyclic) bond motifs is 1. The molecule has 1 aliphatic heterocycles. The van der Waals surface area contributed by atoms with Gasteiger partial charge in [0.1, 0.15) is 5.82 Å². The van der Waals surface area contributed by atoms with Crippen LogP contribution >= 0.6 is 26.8 Å². The summed E-state index contributed by atoms with van der Waals surface area (Å²) in [6.45, 7) is 0. The summed E-state index contributed by atoms with van der Waals surface area (Å²) in [5.41, 5.74) is 1.43. The first-order valence-electron chi connectivity index (χ1n) is 3.64. The summed E-state index contributed by atoms with van der Waals surface area (Å²) >= 11 is 3.31. The lowest BCUT2D eigenvalue weighted by Gasteiger charge is -2.09. The van der Waals surface area contributed by atoms with Crippen LogP contribution in [0.4, 0.5) is 4.39 Å². The molecule has 13 heavy (non-hydrogen) atoms. The second kappa shape index (κ2) is 3.27. The molecule has 0 bridgehead atoms. The molecule has 1 unspecified atom stereocenters. The lowest BCUT2D eigenvalue weighted by molar-refractivity contribution is 0.569. The van der Waals surface area contributed by atoms with E-state index < -0.39 is 10.9 Å². The molecule has 0 aliphatic carbocycles. The molecule has 4 heteroatoms. The number of hydrogen-bond donors (Lipinski definition) is 1. The summed E-state index contributed by atoms with van der Waals surface area (Å²) in [4.78, 5) is 11.5. The summed E-state index contributed by atoms with van der Waals surface area (Å²) in [7, 11) is -0.944. The predicted molar refractivity (Wildman–Crippen MR) is 57.1 cm³/mol. The van der Waals surface area contributed by atoms with Gasteiger partial charge in [-0.05, 0) is 39.5 Å². The van der Waals surface area contributed by atoms with Gasteiger partial charge in [-0.25, -0.2) is 4.39 Å². The summed E-state index contributed by atoms with van der Waals surface area (Å²) in [6.07, 6.45) is 1.68. The van der Waals surface area contributed by atoms with Crippen LogP contribution in [0.2, 0.25) is 0 Å². The summed E-state index contributed by atoms with van der Waals surface area (Å²) in [5, 5.41) is 1.76. The summed E-state index contributed by atoms with van der Waals surface area (Å²) in [5.74, 6) is -0.263. The lowest BCUT2D eigenvalue weighted by atomic mass is 10.2. The molecule has 0 spiro atoms. The van der Waals surface area contributed by atoms with Crippen molar-refractivity contribution in [1.82, 2.24) is 0 Å². The van der Waals surface area contributed by atoms with Crippen LogP contribution < -0.4 is 0 Å². The first-order chi connectivity index (χ1) is 6.24. The maximum atomic E-state index is 13.2. The Morgan fingerprint density at radius 1 is 1.46 bits per heavy atom. The number of carbonyl (C=O) groups is 1. The average Bonchev–Trinajstić information content (AvgIpc) is 2.56. The van der Waals surface area contributed by atoms with E-state index in [0.717, 1.165) is 15.0 Å². The molecule has 2 rings (SSSR count). The second-order valence-corrected chi connectivity index (χ2v) is 5.24. The SMILES string of the molecule is O=C[SH]1C=Cc2c(F)ccc(Br)c21. The Morgan fingerprint density at radius 2 is 2.23 bits per heavy atom. The highest BCUT2D eigenvalue weighted by atomic mass is 79.9.